The molecule has 1 fully saturated rings. The second kappa shape index (κ2) is 7.57. The summed E-state index contributed by atoms with van der Waals surface area (Å²) in [6.45, 7) is 0.823. The van der Waals surface area contributed by atoms with Gasteiger partial charge < -0.3 is 10.4 Å². The Labute approximate surface area is 132 Å². The standard InChI is InChI=1S/C15H22BrNO2S/c16-13-7-6-12(20-13)4-3-5-14(19)17-10-15(11-18)8-1-2-9-15/h6-7,18H,1-5,8-11H2,(H,17,19). The molecule has 0 aliphatic heterocycles. The molecule has 0 bridgehead atoms. The van der Waals surface area contributed by atoms with Crippen LogP contribution >= 0.6 is 27.3 Å². The Morgan fingerprint density at radius 3 is 2.75 bits per heavy atom. The van der Waals surface area contributed by atoms with Crippen molar-refractivity contribution in [3.63, 3.8) is 0 Å². The largest absolute Gasteiger partial charge is 0.396 e. The Morgan fingerprint density at radius 2 is 2.15 bits per heavy atom. The van der Waals surface area contributed by atoms with E-state index in [4.69, 9.17) is 0 Å². The number of aliphatic hydroxyl groups is 1. The van der Waals surface area contributed by atoms with E-state index in [-0.39, 0.29) is 17.9 Å². The van der Waals surface area contributed by atoms with E-state index in [2.05, 4.69) is 27.3 Å². The third-order valence-corrected chi connectivity index (χ3v) is 5.80. The molecule has 20 heavy (non-hydrogen) atoms. The highest BCUT2D eigenvalue weighted by atomic mass is 79.9. The fraction of sp³-hybridized carbons (Fsp3) is 0.667. The summed E-state index contributed by atoms with van der Waals surface area (Å²) in [5.41, 5.74) is -0.0473. The molecule has 1 aliphatic rings. The highest BCUT2D eigenvalue weighted by Gasteiger charge is 2.33. The zero-order chi connectivity index (χ0) is 14.4. The molecule has 1 amide bonds. The van der Waals surface area contributed by atoms with Crippen molar-refractivity contribution in [3.05, 3.63) is 20.8 Å². The lowest BCUT2D eigenvalue weighted by Gasteiger charge is -2.26. The predicted molar refractivity (Wildman–Crippen MR) is 86.0 cm³/mol. The van der Waals surface area contributed by atoms with Gasteiger partial charge in [0.2, 0.25) is 5.91 Å². The van der Waals surface area contributed by atoms with E-state index in [0.29, 0.717) is 13.0 Å². The average molecular weight is 360 g/mol. The van der Waals surface area contributed by atoms with Gasteiger partial charge in [-0.2, -0.15) is 0 Å². The normalized spacial score (nSPS) is 17.3. The Hall–Kier alpha value is -0.390. The van der Waals surface area contributed by atoms with E-state index in [1.165, 1.54) is 17.7 Å². The Bertz CT molecular complexity index is 441. The number of aryl methyl sites for hydroxylation is 1. The van der Waals surface area contributed by atoms with Gasteiger partial charge in [0, 0.05) is 23.3 Å². The molecule has 1 saturated carbocycles. The molecule has 0 unspecified atom stereocenters. The number of aliphatic hydroxyl groups excluding tert-OH is 1. The molecule has 1 aliphatic carbocycles. The molecule has 0 atom stereocenters. The summed E-state index contributed by atoms with van der Waals surface area (Å²) in [5.74, 6) is 0.111. The number of nitrogens with one attached hydrogen (secondary N) is 1. The molecule has 3 nitrogen and oxygen atoms in total. The number of amides is 1. The highest BCUT2D eigenvalue weighted by molar-refractivity contribution is 9.11. The first kappa shape index (κ1) is 16.0. The SMILES string of the molecule is O=C(CCCc1ccc(Br)s1)NCC1(CO)CCCC1. The first-order valence-corrected chi connectivity index (χ1v) is 8.86. The van der Waals surface area contributed by atoms with Gasteiger partial charge in [-0.1, -0.05) is 12.8 Å². The summed E-state index contributed by atoms with van der Waals surface area (Å²) in [5, 5.41) is 12.5. The van der Waals surface area contributed by atoms with Crippen LogP contribution in [0.3, 0.4) is 0 Å². The molecule has 2 rings (SSSR count). The number of rotatable bonds is 7. The quantitative estimate of drug-likeness (QED) is 0.782. The van der Waals surface area contributed by atoms with Crippen molar-refractivity contribution in [1.29, 1.82) is 0 Å². The van der Waals surface area contributed by atoms with E-state index in [1.807, 2.05) is 6.07 Å². The molecule has 112 valence electrons. The zero-order valence-electron chi connectivity index (χ0n) is 11.7. The van der Waals surface area contributed by atoms with Gasteiger partial charge in [0.15, 0.2) is 0 Å². The van der Waals surface area contributed by atoms with Crippen molar-refractivity contribution >= 4 is 33.2 Å². The van der Waals surface area contributed by atoms with Crippen molar-refractivity contribution in [2.75, 3.05) is 13.2 Å². The van der Waals surface area contributed by atoms with Crippen LogP contribution in [0.1, 0.15) is 43.4 Å². The molecule has 1 heterocycles. The maximum Gasteiger partial charge on any atom is 0.220 e. The molecule has 1 aromatic heterocycles. The minimum Gasteiger partial charge on any atom is -0.396 e. The maximum absolute atomic E-state index is 11.9. The van der Waals surface area contributed by atoms with Crippen molar-refractivity contribution in [2.24, 2.45) is 5.41 Å². The highest BCUT2D eigenvalue weighted by Crippen LogP contribution is 2.36. The molecule has 0 aromatic carbocycles. The minimum absolute atomic E-state index is 0.0473. The lowest BCUT2D eigenvalue weighted by Crippen LogP contribution is -2.38. The second-order valence-corrected chi connectivity index (χ2v) is 8.25. The predicted octanol–water partition coefficient (Wildman–Crippen LogP) is 3.50. The van der Waals surface area contributed by atoms with Crippen LogP contribution in [0.2, 0.25) is 0 Å². The van der Waals surface area contributed by atoms with Crippen LogP contribution in [-0.4, -0.2) is 24.2 Å². The number of carbonyl (C=O) groups is 1. The number of carbonyl (C=O) groups excluding carboxylic acids is 1. The third kappa shape index (κ3) is 4.57. The van der Waals surface area contributed by atoms with Crippen LogP contribution in [-0.2, 0) is 11.2 Å². The first-order chi connectivity index (χ1) is 9.63. The molecule has 0 spiro atoms. The van der Waals surface area contributed by atoms with Crippen molar-refractivity contribution in [2.45, 2.75) is 44.9 Å². The average Bonchev–Trinajstić information content (AvgIpc) is 3.06. The lowest BCUT2D eigenvalue weighted by molar-refractivity contribution is -0.121. The van der Waals surface area contributed by atoms with Gasteiger partial charge in [0.05, 0.1) is 10.4 Å². The van der Waals surface area contributed by atoms with E-state index >= 15 is 0 Å². The number of halogens is 1. The second-order valence-electron chi connectivity index (χ2n) is 5.70. The molecule has 5 heteroatoms. The first-order valence-electron chi connectivity index (χ1n) is 7.25. The fourth-order valence-corrected chi connectivity index (χ4v) is 4.32. The summed E-state index contributed by atoms with van der Waals surface area (Å²) in [6.07, 6.45) is 6.81. The van der Waals surface area contributed by atoms with Gasteiger partial charge in [0.25, 0.3) is 0 Å². The van der Waals surface area contributed by atoms with Gasteiger partial charge >= 0.3 is 0 Å². The van der Waals surface area contributed by atoms with Crippen LogP contribution in [0.4, 0.5) is 0 Å². The number of hydrogen-bond donors (Lipinski definition) is 2. The summed E-state index contributed by atoms with van der Waals surface area (Å²) in [4.78, 5) is 13.2. The van der Waals surface area contributed by atoms with Crippen LogP contribution in [0.15, 0.2) is 15.9 Å². The molecular weight excluding hydrogens is 338 g/mol. The van der Waals surface area contributed by atoms with Crippen LogP contribution in [0.5, 0.6) is 0 Å². The fourth-order valence-electron chi connectivity index (χ4n) is 2.80. The lowest BCUT2D eigenvalue weighted by atomic mass is 9.87. The summed E-state index contributed by atoms with van der Waals surface area (Å²) in [6, 6.07) is 4.15. The van der Waals surface area contributed by atoms with Crippen molar-refractivity contribution in [1.82, 2.24) is 5.32 Å². The maximum atomic E-state index is 11.9. The Kier molecular flexibility index (Phi) is 6.05. The van der Waals surface area contributed by atoms with Crippen molar-refractivity contribution in [3.8, 4) is 0 Å². The molecule has 0 radical (unpaired) electrons. The number of hydrogen-bond acceptors (Lipinski definition) is 3. The van der Waals surface area contributed by atoms with Gasteiger partial charge in [0.1, 0.15) is 0 Å². The van der Waals surface area contributed by atoms with E-state index in [9.17, 15) is 9.90 Å². The minimum atomic E-state index is -0.0473. The smallest absolute Gasteiger partial charge is 0.220 e. The van der Waals surface area contributed by atoms with Gasteiger partial charge in [-0.25, -0.2) is 0 Å². The van der Waals surface area contributed by atoms with Crippen LogP contribution < -0.4 is 5.32 Å². The monoisotopic (exact) mass is 359 g/mol. The van der Waals surface area contributed by atoms with Crippen LogP contribution in [0.25, 0.3) is 0 Å². The summed E-state index contributed by atoms with van der Waals surface area (Å²) >= 11 is 5.17. The number of thiophene rings is 1. The van der Waals surface area contributed by atoms with E-state index in [0.717, 1.165) is 29.5 Å². The van der Waals surface area contributed by atoms with Crippen molar-refractivity contribution < 1.29 is 9.90 Å². The van der Waals surface area contributed by atoms with E-state index in [1.54, 1.807) is 11.3 Å². The van der Waals surface area contributed by atoms with Gasteiger partial charge in [-0.3, -0.25) is 4.79 Å². The molecule has 0 saturated heterocycles. The molecule has 2 N–H and O–H groups in total. The van der Waals surface area contributed by atoms with Crippen LogP contribution in [0, 0.1) is 5.41 Å². The topological polar surface area (TPSA) is 49.3 Å². The summed E-state index contributed by atoms with van der Waals surface area (Å²) < 4.78 is 1.14. The Balaban J connectivity index is 1.65. The third-order valence-electron chi connectivity index (χ3n) is 4.12. The zero-order valence-corrected chi connectivity index (χ0v) is 14.1. The van der Waals surface area contributed by atoms with E-state index < -0.39 is 0 Å². The van der Waals surface area contributed by atoms with Gasteiger partial charge in [-0.05, 0) is 53.7 Å². The van der Waals surface area contributed by atoms with Gasteiger partial charge in [-0.15, -0.1) is 11.3 Å². The Morgan fingerprint density at radius 1 is 1.40 bits per heavy atom. The molecular formula is C15H22BrNO2S. The summed E-state index contributed by atoms with van der Waals surface area (Å²) in [7, 11) is 0. The molecule has 1 aromatic rings.